The molecule has 0 unspecified atom stereocenters. The average Bonchev–Trinajstić information content (AvgIpc) is 2.97. The van der Waals surface area contributed by atoms with Gasteiger partial charge in [0, 0.05) is 12.8 Å². The van der Waals surface area contributed by atoms with Crippen LogP contribution in [0.3, 0.4) is 0 Å². The number of hydrogen-bond donors (Lipinski definition) is 4. The molecule has 2 saturated heterocycles. The first-order valence-electron chi connectivity index (χ1n) is 9.91. The number of likely N-dealkylation sites (N-methyl/N-ethyl adjacent to an activating group) is 1. The first-order chi connectivity index (χ1) is 13.4. The van der Waals surface area contributed by atoms with E-state index in [-0.39, 0.29) is 11.9 Å². The van der Waals surface area contributed by atoms with E-state index in [2.05, 4.69) is 12.2 Å². The Labute approximate surface area is 177 Å². The second-order valence-corrected chi connectivity index (χ2v) is 11.1. The van der Waals surface area contributed by atoms with Crippen LogP contribution in [0.4, 0.5) is 0 Å². The molecule has 0 bridgehead atoms. The number of aliphatic hydroxyl groups is 3. The lowest BCUT2D eigenvalue weighted by Crippen LogP contribution is -2.66. The van der Waals surface area contributed by atoms with Crippen molar-refractivity contribution >= 4 is 27.3 Å². The van der Waals surface area contributed by atoms with Crippen LogP contribution in [0.2, 0.25) is 0 Å². The lowest BCUT2D eigenvalue weighted by Gasteiger charge is -2.43. The zero-order chi connectivity index (χ0) is 22.1. The standard InChI is InChI=1S/C18H33ClN2O7S/c1-5-6-10-7-11(21(3)8-10)17(25)20-12(9(2)19)16-14(23)13(22)15(24)18(28-16)29(4,26)27/h9-16,18,22-24H,5-8H2,1-4H3,(H,20,25)/t9-,10+,11-,12+,13-,14+,15+,16+,18+/m0/s1. The van der Waals surface area contributed by atoms with E-state index in [0.717, 1.165) is 25.6 Å². The van der Waals surface area contributed by atoms with Crippen LogP contribution in [-0.4, -0.2) is 102 Å². The number of alkyl halides is 1. The van der Waals surface area contributed by atoms with Gasteiger partial charge in [0.25, 0.3) is 0 Å². The number of hydrogen-bond acceptors (Lipinski definition) is 8. The van der Waals surface area contributed by atoms with E-state index in [4.69, 9.17) is 16.3 Å². The Hall–Kier alpha value is -0.490. The number of carbonyl (C=O) groups is 1. The maximum atomic E-state index is 12.9. The summed E-state index contributed by atoms with van der Waals surface area (Å²) in [6.45, 7) is 4.47. The maximum absolute atomic E-state index is 12.9. The van der Waals surface area contributed by atoms with Gasteiger partial charge >= 0.3 is 0 Å². The molecule has 0 aliphatic carbocycles. The average molecular weight is 457 g/mol. The number of nitrogens with one attached hydrogen (secondary N) is 1. The lowest BCUT2D eigenvalue weighted by molar-refractivity contribution is -0.207. The summed E-state index contributed by atoms with van der Waals surface area (Å²) in [5, 5.41) is 32.6. The van der Waals surface area contributed by atoms with E-state index >= 15 is 0 Å². The van der Waals surface area contributed by atoms with Gasteiger partial charge < -0.3 is 25.4 Å². The van der Waals surface area contributed by atoms with E-state index in [0.29, 0.717) is 12.3 Å². The Balaban J connectivity index is 2.19. The van der Waals surface area contributed by atoms with Crippen molar-refractivity contribution in [3.8, 4) is 0 Å². The molecular weight excluding hydrogens is 424 g/mol. The molecule has 2 aliphatic rings. The minimum absolute atomic E-state index is 0.295. The minimum Gasteiger partial charge on any atom is -0.388 e. The molecule has 0 radical (unpaired) electrons. The zero-order valence-corrected chi connectivity index (χ0v) is 18.8. The number of nitrogens with zero attached hydrogens (tertiary/aromatic N) is 1. The largest absolute Gasteiger partial charge is 0.388 e. The van der Waals surface area contributed by atoms with E-state index in [1.165, 1.54) is 0 Å². The molecule has 0 aromatic rings. The summed E-state index contributed by atoms with van der Waals surface area (Å²) in [6, 6.07) is -1.34. The smallest absolute Gasteiger partial charge is 0.237 e. The molecule has 11 heteroatoms. The Morgan fingerprint density at radius 3 is 2.41 bits per heavy atom. The Morgan fingerprint density at radius 2 is 1.90 bits per heavy atom. The molecule has 29 heavy (non-hydrogen) atoms. The highest BCUT2D eigenvalue weighted by atomic mass is 35.5. The fourth-order valence-corrected chi connectivity index (χ4v) is 5.48. The fourth-order valence-electron chi connectivity index (χ4n) is 4.27. The third-order valence-electron chi connectivity index (χ3n) is 5.82. The van der Waals surface area contributed by atoms with Crippen LogP contribution in [0, 0.1) is 5.92 Å². The minimum atomic E-state index is -3.90. The van der Waals surface area contributed by atoms with Gasteiger partial charge in [0.05, 0.1) is 17.5 Å². The van der Waals surface area contributed by atoms with Gasteiger partial charge in [-0.05, 0) is 32.7 Å². The molecule has 0 aromatic carbocycles. The first-order valence-corrected chi connectivity index (χ1v) is 12.3. The van der Waals surface area contributed by atoms with Crippen molar-refractivity contribution in [1.29, 1.82) is 0 Å². The molecule has 2 fully saturated rings. The molecular formula is C18H33ClN2O7S. The first kappa shape index (κ1) is 24.8. The highest BCUT2D eigenvalue weighted by molar-refractivity contribution is 7.91. The van der Waals surface area contributed by atoms with Crippen LogP contribution >= 0.6 is 11.6 Å². The van der Waals surface area contributed by atoms with Crippen molar-refractivity contribution < 1.29 is 33.3 Å². The second-order valence-electron chi connectivity index (χ2n) is 8.33. The third-order valence-corrected chi connectivity index (χ3v) is 7.33. The number of rotatable bonds is 7. The molecule has 0 spiro atoms. The van der Waals surface area contributed by atoms with Gasteiger partial charge in [-0.1, -0.05) is 13.3 Å². The number of likely N-dealkylation sites (tertiary alicyclic amines) is 1. The highest BCUT2D eigenvalue weighted by Crippen LogP contribution is 2.29. The number of sulfone groups is 1. The summed E-state index contributed by atoms with van der Waals surface area (Å²) >= 11 is 6.24. The van der Waals surface area contributed by atoms with E-state index in [1.807, 2.05) is 11.9 Å². The van der Waals surface area contributed by atoms with Crippen molar-refractivity contribution in [2.45, 2.75) is 80.4 Å². The summed E-state index contributed by atoms with van der Waals surface area (Å²) in [6.07, 6.45) is -2.88. The number of aliphatic hydroxyl groups excluding tert-OH is 3. The molecule has 4 N–H and O–H groups in total. The van der Waals surface area contributed by atoms with Gasteiger partial charge in [0.15, 0.2) is 15.3 Å². The van der Waals surface area contributed by atoms with Crippen molar-refractivity contribution in [2.75, 3.05) is 19.8 Å². The summed E-state index contributed by atoms with van der Waals surface area (Å²) in [5.74, 6) is 0.117. The van der Waals surface area contributed by atoms with Crippen LogP contribution in [0.1, 0.15) is 33.1 Å². The molecule has 170 valence electrons. The number of carbonyl (C=O) groups excluding carboxylic acids is 1. The van der Waals surface area contributed by atoms with Crippen molar-refractivity contribution in [3.05, 3.63) is 0 Å². The van der Waals surface area contributed by atoms with Crippen LogP contribution in [0.15, 0.2) is 0 Å². The topological polar surface area (TPSA) is 136 Å². The van der Waals surface area contributed by atoms with Gasteiger partial charge in [0.2, 0.25) is 5.91 Å². The third kappa shape index (κ3) is 5.61. The van der Waals surface area contributed by atoms with Crippen LogP contribution in [0.25, 0.3) is 0 Å². The second kappa shape index (κ2) is 9.76. The summed E-state index contributed by atoms with van der Waals surface area (Å²) in [5.41, 5.74) is -1.73. The van der Waals surface area contributed by atoms with Crippen molar-refractivity contribution in [3.63, 3.8) is 0 Å². The molecule has 2 heterocycles. The molecule has 9 nitrogen and oxygen atoms in total. The maximum Gasteiger partial charge on any atom is 0.237 e. The predicted octanol–water partition coefficient (Wildman–Crippen LogP) is -0.929. The van der Waals surface area contributed by atoms with Gasteiger partial charge in [-0.3, -0.25) is 9.69 Å². The lowest BCUT2D eigenvalue weighted by atomic mass is 9.92. The van der Waals surface area contributed by atoms with E-state index in [9.17, 15) is 28.5 Å². The molecule has 2 rings (SSSR count). The van der Waals surface area contributed by atoms with Gasteiger partial charge in [-0.2, -0.15) is 0 Å². The number of amides is 1. The van der Waals surface area contributed by atoms with E-state index < -0.39 is 51.1 Å². The van der Waals surface area contributed by atoms with Gasteiger partial charge in [-0.25, -0.2) is 8.42 Å². The summed E-state index contributed by atoms with van der Waals surface area (Å²) < 4.78 is 29.4. The monoisotopic (exact) mass is 456 g/mol. The summed E-state index contributed by atoms with van der Waals surface area (Å²) in [7, 11) is -2.03. The Bertz CT molecular complexity index is 677. The highest BCUT2D eigenvalue weighted by Gasteiger charge is 2.51. The zero-order valence-electron chi connectivity index (χ0n) is 17.2. The van der Waals surface area contributed by atoms with Crippen molar-refractivity contribution in [1.82, 2.24) is 10.2 Å². The summed E-state index contributed by atoms with van der Waals surface area (Å²) in [4.78, 5) is 14.9. The SMILES string of the molecule is CCC[C@@H]1C[C@@H](C(=O)N[C@@H]([C@H]2O[C@H](S(C)(=O)=O)[C@H](O)[C@@H](O)[C@H]2O)[C@H](C)Cl)N(C)C1. The molecule has 0 aromatic heterocycles. The fraction of sp³-hybridized carbons (Fsp3) is 0.944. The molecule has 0 saturated carbocycles. The van der Waals surface area contributed by atoms with Crippen LogP contribution in [0.5, 0.6) is 0 Å². The number of halogens is 1. The quantitative estimate of drug-likeness (QED) is 0.361. The van der Waals surface area contributed by atoms with Gasteiger partial charge in [-0.15, -0.1) is 11.6 Å². The normalized spacial score (nSPS) is 38.6. The molecule has 9 atom stereocenters. The van der Waals surface area contributed by atoms with Crippen molar-refractivity contribution in [2.24, 2.45) is 5.92 Å². The number of ether oxygens (including phenoxy) is 1. The van der Waals surface area contributed by atoms with Crippen LogP contribution < -0.4 is 5.32 Å². The van der Waals surface area contributed by atoms with Gasteiger partial charge in [0.1, 0.15) is 24.4 Å². The predicted molar refractivity (Wildman–Crippen MR) is 108 cm³/mol. The Morgan fingerprint density at radius 1 is 1.28 bits per heavy atom. The molecule has 1 amide bonds. The Kier molecular flexibility index (Phi) is 8.34. The van der Waals surface area contributed by atoms with Crippen LogP contribution in [-0.2, 0) is 19.4 Å². The van der Waals surface area contributed by atoms with E-state index in [1.54, 1.807) is 6.92 Å². The molecule has 2 aliphatic heterocycles.